The van der Waals surface area contributed by atoms with Crippen LogP contribution < -0.4 is 10.6 Å². The molecule has 1 aromatic carbocycles. The maximum absolute atomic E-state index is 13.7. The second-order valence-corrected chi connectivity index (χ2v) is 8.97. The fourth-order valence-electron chi connectivity index (χ4n) is 5.46. The zero-order chi connectivity index (χ0) is 22.7. The standard InChI is InChI=1S/C21H23F6N5/c22-20(23,24)14-3-1-2-11(8-14)15-6-7-16(21(25,26)27)32-18(15)30-19(31-32)29-17-12-4-5-13(17)10-28-9-12/h1-3,8,12-13,15-17,28H,4-7,9-10H2,(H,29,31)/t12-,13+,15?,16?,17-. The lowest BCUT2D eigenvalue weighted by Gasteiger charge is -2.31. The van der Waals surface area contributed by atoms with Crippen LogP contribution >= 0.6 is 0 Å². The van der Waals surface area contributed by atoms with Crippen molar-refractivity contribution in [1.82, 2.24) is 20.1 Å². The monoisotopic (exact) mass is 459 g/mol. The molecule has 1 saturated heterocycles. The van der Waals surface area contributed by atoms with Gasteiger partial charge in [-0.3, -0.25) is 0 Å². The lowest BCUT2D eigenvalue weighted by molar-refractivity contribution is -0.175. The van der Waals surface area contributed by atoms with Gasteiger partial charge < -0.3 is 10.6 Å². The Morgan fingerprint density at radius 3 is 2.34 bits per heavy atom. The molecule has 11 heteroatoms. The minimum atomic E-state index is -4.53. The van der Waals surface area contributed by atoms with E-state index in [-0.39, 0.29) is 30.7 Å². The van der Waals surface area contributed by atoms with Crippen LogP contribution in [0.5, 0.6) is 0 Å². The molecular formula is C21H23F6N5. The molecule has 174 valence electrons. The first-order valence-electron chi connectivity index (χ1n) is 10.8. The molecule has 2 fully saturated rings. The summed E-state index contributed by atoms with van der Waals surface area (Å²) in [5.74, 6) is 0.196. The maximum atomic E-state index is 13.7. The van der Waals surface area contributed by atoms with Crippen LogP contribution in [0.4, 0.5) is 32.3 Å². The van der Waals surface area contributed by atoms with Crippen molar-refractivity contribution in [3.8, 4) is 0 Å². The molecule has 2 unspecified atom stereocenters. The summed E-state index contributed by atoms with van der Waals surface area (Å²) >= 11 is 0. The molecule has 1 saturated carbocycles. The number of halogens is 6. The van der Waals surface area contributed by atoms with E-state index in [0.717, 1.165) is 42.7 Å². The van der Waals surface area contributed by atoms with Crippen molar-refractivity contribution < 1.29 is 26.3 Å². The average Bonchev–Trinajstić information content (AvgIpc) is 3.22. The topological polar surface area (TPSA) is 54.8 Å². The lowest BCUT2D eigenvalue weighted by atomic mass is 9.87. The molecule has 3 heterocycles. The zero-order valence-corrected chi connectivity index (χ0v) is 17.0. The quantitative estimate of drug-likeness (QED) is 0.652. The van der Waals surface area contributed by atoms with Gasteiger partial charge in [0.05, 0.1) is 5.56 Å². The van der Waals surface area contributed by atoms with Crippen LogP contribution in [0, 0.1) is 11.8 Å². The Bertz CT molecular complexity index is 968. The Hall–Kier alpha value is -2.30. The van der Waals surface area contributed by atoms with Crippen LogP contribution in [-0.4, -0.2) is 40.1 Å². The van der Waals surface area contributed by atoms with Gasteiger partial charge in [-0.25, -0.2) is 4.68 Å². The molecule has 5 nitrogen and oxygen atoms in total. The molecule has 3 aliphatic rings. The van der Waals surface area contributed by atoms with Crippen molar-refractivity contribution in [2.75, 3.05) is 18.4 Å². The summed E-state index contributed by atoms with van der Waals surface area (Å²) in [5.41, 5.74) is -0.536. The van der Waals surface area contributed by atoms with Crippen molar-refractivity contribution in [2.45, 2.75) is 56.0 Å². The van der Waals surface area contributed by atoms with E-state index < -0.39 is 29.9 Å². The number of fused-ring (bicyclic) bond motifs is 3. The molecule has 2 bridgehead atoms. The second-order valence-electron chi connectivity index (χ2n) is 8.97. The summed E-state index contributed by atoms with van der Waals surface area (Å²) in [7, 11) is 0. The summed E-state index contributed by atoms with van der Waals surface area (Å²) < 4.78 is 81.6. The number of benzene rings is 1. The predicted molar refractivity (Wildman–Crippen MR) is 104 cm³/mol. The highest BCUT2D eigenvalue weighted by Crippen LogP contribution is 2.45. The first kappa shape index (κ1) is 21.5. The Kier molecular flexibility index (Phi) is 5.14. The summed E-state index contributed by atoms with van der Waals surface area (Å²) in [6, 6.07) is 2.98. The van der Waals surface area contributed by atoms with E-state index in [1.807, 2.05) is 0 Å². The van der Waals surface area contributed by atoms with Crippen LogP contribution in [0.2, 0.25) is 0 Å². The molecule has 32 heavy (non-hydrogen) atoms. The molecular weight excluding hydrogens is 436 g/mol. The lowest BCUT2D eigenvalue weighted by Crippen LogP contribution is -2.45. The molecule has 0 radical (unpaired) electrons. The SMILES string of the molecule is FC(F)(F)c1cccc(C2CCC(C(F)(F)F)n3nc(N[C@@H]4[C@@H]5CC[C@H]4CNC5)nc32)c1. The number of anilines is 1. The maximum Gasteiger partial charge on any atom is 0.416 e. The minimum absolute atomic E-state index is 0.0439. The molecule has 2 aliphatic heterocycles. The Morgan fingerprint density at radius 1 is 0.969 bits per heavy atom. The molecule has 5 rings (SSSR count). The third-order valence-electron chi connectivity index (χ3n) is 7.02. The highest BCUT2D eigenvalue weighted by Gasteiger charge is 2.47. The van der Waals surface area contributed by atoms with E-state index in [1.54, 1.807) is 0 Å². The third kappa shape index (κ3) is 3.84. The van der Waals surface area contributed by atoms with Crippen LogP contribution in [0.1, 0.15) is 54.6 Å². The van der Waals surface area contributed by atoms with Gasteiger partial charge in [0, 0.05) is 12.0 Å². The molecule has 2 aromatic rings. The van der Waals surface area contributed by atoms with Gasteiger partial charge in [-0.2, -0.15) is 31.3 Å². The Morgan fingerprint density at radius 2 is 1.69 bits per heavy atom. The Balaban J connectivity index is 1.50. The molecule has 2 N–H and O–H groups in total. The Labute approximate surface area is 180 Å². The number of piperidine rings is 1. The van der Waals surface area contributed by atoms with Crippen molar-refractivity contribution in [3.63, 3.8) is 0 Å². The van der Waals surface area contributed by atoms with Gasteiger partial charge in [-0.15, -0.1) is 5.10 Å². The van der Waals surface area contributed by atoms with Crippen molar-refractivity contribution in [2.24, 2.45) is 11.8 Å². The van der Waals surface area contributed by atoms with Gasteiger partial charge in [0.25, 0.3) is 0 Å². The number of nitrogens with zero attached hydrogens (tertiary/aromatic N) is 3. The molecule has 5 atom stereocenters. The number of aromatic nitrogens is 3. The number of hydrogen-bond acceptors (Lipinski definition) is 4. The van der Waals surface area contributed by atoms with Gasteiger partial charge in [-0.05, 0) is 62.2 Å². The predicted octanol–water partition coefficient (Wildman–Crippen LogP) is 4.74. The largest absolute Gasteiger partial charge is 0.416 e. The number of rotatable bonds is 3. The average molecular weight is 459 g/mol. The van der Waals surface area contributed by atoms with Crippen LogP contribution in [0.15, 0.2) is 24.3 Å². The van der Waals surface area contributed by atoms with Crippen molar-refractivity contribution >= 4 is 5.95 Å². The molecule has 1 aliphatic carbocycles. The van der Waals surface area contributed by atoms with E-state index in [4.69, 9.17) is 0 Å². The van der Waals surface area contributed by atoms with Gasteiger partial charge in [0.15, 0.2) is 0 Å². The van der Waals surface area contributed by atoms with E-state index in [0.29, 0.717) is 17.4 Å². The number of alkyl halides is 6. The second kappa shape index (κ2) is 7.64. The highest BCUT2D eigenvalue weighted by atomic mass is 19.4. The summed E-state index contributed by atoms with van der Waals surface area (Å²) in [4.78, 5) is 4.39. The molecule has 1 aromatic heterocycles. The van der Waals surface area contributed by atoms with E-state index >= 15 is 0 Å². The van der Waals surface area contributed by atoms with Crippen LogP contribution in [0.25, 0.3) is 0 Å². The smallest absolute Gasteiger partial charge is 0.350 e. The summed E-state index contributed by atoms with van der Waals surface area (Å²) in [6.45, 7) is 1.67. The van der Waals surface area contributed by atoms with E-state index in [2.05, 4.69) is 20.7 Å². The van der Waals surface area contributed by atoms with Crippen LogP contribution in [-0.2, 0) is 6.18 Å². The molecule has 0 spiro atoms. The van der Waals surface area contributed by atoms with Gasteiger partial charge >= 0.3 is 12.4 Å². The highest BCUT2D eigenvalue weighted by molar-refractivity contribution is 5.36. The van der Waals surface area contributed by atoms with E-state index in [1.165, 1.54) is 12.1 Å². The number of nitrogens with one attached hydrogen (secondary N) is 2. The minimum Gasteiger partial charge on any atom is -0.350 e. The first-order valence-corrected chi connectivity index (χ1v) is 10.8. The summed E-state index contributed by atoms with van der Waals surface area (Å²) in [6.07, 6.45) is -7.22. The first-order chi connectivity index (χ1) is 15.1. The van der Waals surface area contributed by atoms with Crippen LogP contribution in [0.3, 0.4) is 0 Å². The fourth-order valence-corrected chi connectivity index (χ4v) is 5.46. The molecule has 0 amide bonds. The summed E-state index contributed by atoms with van der Waals surface area (Å²) in [5, 5.41) is 10.8. The number of hydrogen-bond donors (Lipinski definition) is 2. The van der Waals surface area contributed by atoms with E-state index in [9.17, 15) is 26.3 Å². The zero-order valence-electron chi connectivity index (χ0n) is 17.0. The van der Waals surface area contributed by atoms with Gasteiger partial charge in [-0.1, -0.05) is 18.2 Å². The van der Waals surface area contributed by atoms with Gasteiger partial charge in [0.2, 0.25) is 5.95 Å². The van der Waals surface area contributed by atoms with Gasteiger partial charge in [0.1, 0.15) is 11.9 Å². The van der Waals surface area contributed by atoms with Crippen molar-refractivity contribution in [3.05, 3.63) is 41.2 Å². The van der Waals surface area contributed by atoms with Crippen molar-refractivity contribution in [1.29, 1.82) is 0 Å². The third-order valence-corrected chi connectivity index (χ3v) is 7.02. The normalized spacial score (nSPS) is 30.2. The fraction of sp³-hybridized carbons (Fsp3) is 0.619.